The molecule has 0 spiro atoms. The molecular formula is C28H28O6. The molecule has 1 aliphatic heterocycles. The van der Waals surface area contributed by atoms with Crippen LogP contribution in [-0.2, 0) is 14.2 Å². The Morgan fingerprint density at radius 3 is 1.94 bits per heavy atom. The first kappa shape index (κ1) is 23.5. The molecule has 0 aliphatic carbocycles. The fraction of sp³-hybridized carbons (Fsp3) is 0.286. The Balaban J connectivity index is 1.47. The zero-order valence-electron chi connectivity index (χ0n) is 19.5. The summed E-state index contributed by atoms with van der Waals surface area (Å²) < 4.78 is 22.8. The van der Waals surface area contributed by atoms with Crippen LogP contribution in [0.2, 0.25) is 0 Å². The monoisotopic (exact) mass is 460 g/mol. The molecule has 6 heteroatoms. The molecule has 176 valence electrons. The molecule has 0 radical (unpaired) electrons. The van der Waals surface area contributed by atoms with Gasteiger partial charge < -0.3 is 18.9 Å². The first-order valence-corrected chi connectivity index (χ1v) is 11.2. The van der Waals surface area contributed by atoms with Crippen molar-refractivity contribution in [1.82, 2.24) is 0 Å². The minimum absolute atomic E-state index is 0.0226. The molecule has 0 saturated carbocycles. The summed E-state index contributed by atoms with van der Waals surface area (Å²) in [5.41, 5.74) is 3.98. The molecule has 6 nitrogen and oxygen atoms in total. The van der Waals surface area contributed by atoms with Crippen molar-refractivity contribution in [2.75, 3.05) is 13.7 Å². The third-order valence-corrected chi connectivity index (χ3v) is 5.90. The van der Waals surface area contributed by atoms with Crippen LogP contribution in [0.25, 0.3) is 0 Å². The third kappa shape index (κ3) is 5.64. The quantitative estimate of drug-likeness (QED) is 0.450. The topological polar surface area (TPSA) is 71.1 Å². The van der Waals surface area contributed by atoms with Crippen molar-refractivity contribution in [3.63, 3.8) is 0 Å². The minimum Gasteiger partial charge on any atom is -0.497 e. The molecule has 0 N–H and O–H groups in total. The van der Waals surface area contributed by atoms with Crippen LogP contribution >= 0.6 is 0 Å². The lowest BCUT2D eigenvalue weighted by Gasteiger charge is -2.19. The molecule has 3 aromatic rings. The van der Waals surface area contributed by atoms with Crippen molar-refractivity contribution in [3.8, 4) is 5.75 Å². The fourth-order valence-electron chi connectivity index (χ4n) is 3.85. The number of benzene rings is 3. The van der Waals surface area contributed by atoms with Gasteiger partial charge in [0.2, 0.25) is 0 Å². The highest BCUT2D eigenvalue weighted by molar-refractivity contribution is 5.90. The maximum Gasteiger partial charge on any atom is 0.338 e. The number of esters is 2. The fourth-order valence-corrected chi connectivity index (χ4v) is 3.85. The number of hydrogen-bond acceptors (Lipinski definition) is 6. The number of rotatable bonds is 7. The van der Waals surface area contributed by atoms with Gasteiger partial charge in [-0.3, -0.25) is 0 Å². The van der Waals surface area contributed by atoms with Crippen LogP contribution < -0.4 is 4.74 Å². The lowest BCUT2D eigenvalue weighted by atomic mass is 10.0. The SMILES string of the molecule is COc1ccc([C@@H]2C[C@H](OC(=O)c3ccc(C)cc3)[C@@H](COC(=O)c3ccc(C)cc3)O2)cc1. The molecule has 3 aromatic carbocycles. The summed E-state index contributed by atoms with van der Waals surface area (Å²) in [5.74, 6) is -0.133. The maximum atomic E-state index is 12.8. The van der Waals surface area contributed by atoms with Gasteiger partial charge in [-0.25, -0.2) is 9.59 Å². The van der Waals surface area contributed by atoms with Crippen LogP contribution in [-0.4, -0.2) is 37.9 Å². The van der Waals surface area contributed by atoms with Gasteiger partial charge in [-0.15, -0.1) is 0 Å². The summed E-state index contributed by atoms with van der Waals surface area (Å²) in [7, 11) is 1.61. The van der Waals surface area contributed by atoms with Gasteiger partial charge in [-0.1, -0.05) is 47.5 Å². The van der Waals surface area contributed by atoms with E-state index in [2.05, 4.69) is 0 Å². The van der Waals surface area contributed by atoms with E-state index in [1.807, 2.05) is 62.4 Å². The van der Waals surface area contributed by atoms with Crippen LogP contribution in [0.15, 0.2) is 72.8 Å². The van der Waals surface area contributed by atoms with Gasteiger partial charge in [0, 0.05) is 6.42 Å². The number of aryl methyl sites for hydroxylation is 2. The Hall–Kier alpha value is -3.64. The molecule has 1 saturated heterocycles. The summed E-state index contributed by atoms with van der Waals surface area (Å²) in [6, 6.07) is 21.9. The molecule has 1 fully saturated rings. The highest BCUT2D eigenvalue weighted by atomic mass is 16.6. The van der Waals surface area contributed by atoms with Crippen molar-refractivity contribution >= 4 is 11.9 Å². The number of carbonyl (C=O) groups is 2. The Morgan fingerprint density at radius 2 is 1.38 bits per heavy atom. The second-order valence-corrected chi connectivity index (χ2v) is 8.45. The van der Waals surface area contributed by atoms with Gasteiger partial charge in [0.05, 0.1) is 24.3 Å². The van der Waals surface area contributed by atoms with Gasteiger partial charge >= 0.3 is 11.9 Å². The van der Waals surface area contributed by atoms with Crippen LogP contribution in [0.1, 0.15) is 49.9 Å². The van der Waals surface area contributed by atoms with Crippen molar-refractivity contribution in [2.24, 2.45) is 0 Å². The first-order chi connectivity index (χ1) is 16.4. The van der Waals surface area contributed by atoms with Crippen molar-refractivity contribution in [1.29, 1.82) is 0 Å². The number of hydrogen-bond donors (Lipinski definition) is 0. The number of carbonyl (C=O) groups excluding carboxylic acids is 2. The molecule has 4 rings (SSSR count). The van der Waals surface area contributed by atoms with Crippen LogP contribution in [0.3, 0.4) is 0 Å². The Kier molecular flexibility index (Phi) is 7.28. The van der Waals surface area contributed by atoms with E-state index in [9.17, 15) is 9.59 Å². The lowest BCUT2D eigenvalue weighted by molar-refractivity contribution is -0.0427. The molecule has 0 amide bonds. The van der Waals surface area contributed by atoms with E-state index < -0.39 is 24.1 Å². The van der Waals surface area contributed by atoms with E-state index in [1.165, 1.54) is 0 Å². The summed E-state index contributed by atoms with van der Waals surface area (Å²) in [5, 5.41) is 0. The van der Waals surface area contributed by atoms with Crippen molar-refractivity contribution in [3.05, 3.63) is 101 Å². The van der Waals surface area contributed by atoms with E-state index in [0.717, 1.165) is 22.4 Å². The maximum absolute atomic E-state index is 12.8. The standard InChI is InChI=1S/C28H28O6/c1-18-4-8-21(9-5-18)27(29)32-17-26-25(34-28(30)22-10-6-19(2)7-11-22)16-24(33-26)20-12-14-23(31-3)15-13-20/h4-15,24-26H,16-17H2,1-3H3/t24-,25-,26+/m0/s1. The molecule has 0 unspecified atom stereocenters. The zero-order chi connectivity index (χ0) is 24.1. The molecule has 0 bridgehead atoms. The van der Waals surface area contributed by atoms with E-state index >= 15 is 0 Å². The van der Waals surface area contributed by atoms with E-state index in [0.29, 0.717) is 17.5 Å². The van der Waals surface area contributed by atoms with E-state index in [4.69, 9.17) is 18.9 Å². The zero-order valence-corrected chi connectivity index (χ0v) is 19.5. The highest BCUT2D eigenvalue weighted by Crippen LogP contribution is 2.36. The average molecular weight is 461 g/mol. The van der Waals surface area contributed by atoms with Gasteiger partial charge in [0.1, 0.15) is 24.6 Å². The average Bonchev–Trinajstić information content (AvgIpc) is 3.25. The molecule has 0 aromatic heterocycles. The predicted molar refractivity (Wildman–Crippen MR) is 127 cm³/mol. The summed E-state index contributed by atoms with van der Waals surface area (Å²) in [4.78, 5) is 25.3. The Labute approximate surface area is 199 Å². The third-order valence-electron chi connectivity index (χ3n) is 5.90. The minimum atomic E-state index is -0.587. The molecular weight excluding hydrogens is 432 g/mol. The second-order valence-electron chi connectivity index (χ2n) is 8.45. The first-order valence-electron chi connectivity index (χ1n) is 11.2. The summed E-state index contributed by atoms with van der Waals surface area (Å²) in [6.45, 7) is 3.89. The molecule has 1 heterocycles. The van der Waals surface area contributed by atoms with Crippen LogP contribution in [0.4, 0.5) is 0 Å². The smallest absolute Gasteiger partial charge is 0.338 e. The van der Waals surface area contributed by atoms with Gasteiger partial charge in [0.25, 0.3) is 0 Å². The Morgan fingerprint density at radius 1 is 0.824 bits per heavy atom. The van der Waals surface area contributed by atoms with Gasteiger partial charge in [-0.05, 0) is 55.8 Å². The normalized spacial score (nSPS) is 19.4. The Bertz CT molecular complexity index is 1120. The second kappa shape index (κ2) is 10.5. The van der Waals surface area contributed by atoms with Crippen LogP contribution in [0.5, 0.6) is 5.75 Å². The van der Waals surface area contributed by atoms with E-state index in [1.54, 1.807) is 31.4 Å². The molecule has 3 atom stereocenters. The molecule has 1 aliphatic rings. The van der Waals surface area contributed by atoms with Crippen LogP contribution in [0, 0.1) is 13.8 Å². The number of methoxy groups -OCH3 is 1. The van der Waals surface area contributed by atoms with Crippen molar-refractivity contribution in [2.45, 2.75) is 38.6 Å². The summed E-state index contributed by atoms with van der Waals surface area (Å²) in [6.07, 6.45) is -0.996. The van der Waals surface area contributed by atoms with Gasteiger partial charge in [0.15, 0.2) is 0 Å². The lowest BCUT2D eigenvalue weighted by Crippen LogP contribution is -2.32. The summed E-state index contributed by atoms with van der Waals surface area (Å²) >= 11 is 0. The predicted octanol–water partition coefficient (Wildman–Crippen LogP) is 5.22. The number of ether oxygens (including phenoxy) is 4. The van der Waals surface area contributed by atoms with Gasteiger partial charge in [-0.2, -0.15) is 0 Å². The largest absolute Gasteiger partial charge is 0.497 e. The van der Waals surface area contributed by atoms with Crippen molar-refractivity contribution < 1.29 is 28.5 Å². The molecule has 34 heavy (non-hydrogen) atoms. The highest BCUT2D eigenvalue weighted by Gasteiger charge is 2.39. The van der Waals surface area contributed by atoms with E-state index in [-0.39, 0.29) is 12.7 Å².